The molecular weight excluding hydrogens is 415 g/mol. The van der Waals surface area contributed by atoms with Crippen LogP contribution in [0, 0.1) is 5.92 Å². The molecule has 0 saturated heterocycles. The van der Waals surface area contributed by atoms with E-state index < -0.39 is 31.3 Å². The second-order valence-electron chi connectivity index (χ2n) is 7.32. The van der Waals surface area contributed by atoms with Crippen LogP contribution in [0.3, 0.4) is 0 Å². The Hall–Kier alpha value is -3.01. The van der Waals surface area contributed by atoms with Crippen molar-refractivity contribution >= 4 is 11.7 Å². The fourth-order valence-electron chi connectivity index (χ4n) is 2.61. The van der Waals surface area contributed by atoms with Crippen LogP contribution < -0.4 is 10.1 Å². The van der Waals surface area contributed by atoms with E-state index in [1.807, 2.05) is 0 Å². The smallest absolute Gasteiger partial charge is 0.422 e. The van der Waals surface area contributed by atoms with Crippen molar-refractivity contribution in [3.8, 4) is 5.88 Å². The SMILES string of the molecule is CC(C)C(=O)Cc1cc(C(=O)NC(C)c2cnc(OCC(F)(F)F)c(CO)c2)ccn1. The molecule has 1 amide bonds. The Bertz CT molecular complexity index is 932. The van der Waals surface area contributed by atoms with E-state index in [1.165, 1.54) is 30.6 Å². The zero-order valence-corrected chi connectivity index (χ0v) is 17.4. The Balaban J connectivity index is 2.09. The van der Waals surface area contributed by atoms with Gasteiger partial charge in [-0.1, -0.05) is 13.8 Å². The van der Waals surface area contributed by atoms with Gasteiger partial charge in [-0.25, -0.2) is 4.98 Å². The van der Waals surface area contributed by atoms with Crippen molar-refractivity contribution in [1.29, 1.82) is 0 Å². The van der Waals surface area contributed by atoms with Crippen LogP contribution in [0.25, 0.3) is 0 Å². The van der Waals surface area contributed by atoms with Crippen LogP contribution in [0.1, 0.15) is 54.0 Å². The van der Waals surface area contributed by atoms with Gasteiger partial charge in [-0.15, -0.1) is 0 Å². The van der Waals surface area contributed by atoms with Crippen LogP contribution in [-0.4, -0.2) is 39.5 Å². The van der Waals surface area contributed by atoms with Gasteiger partial charge in [-0.2, -0.15) is 13.2 Å². The minimum Gasteiger partial charge on any atom is -0.468 e. The van der Waals surface area contributed by atoms with E-state index in [-0.39, 0.29) is 29.6 Å². The third-order valence-corrected chi connectivity index (χ3v) is 4.42. The number of rotatable bonds is 9. The lowest BCUT2D eigenvalue weighted by molar-refractivity contribution is -0.154. The third kappa shape index (κ3) is 7.32. The molecule has 168 valence electrons. The van der Waals surface area contributed by atoms with Gasteiger partial charge in [0.2, 0.25) is 5.88 Å². The molecule has 0 saturated carbocycles. The average molecular weight is 439 g/mol. The number of hydrogen-bond donors (Lipinski definition) is 2. The lowest BCUT2D eigenvalue weighted by Crippen LogP contribution is -2.27. The van der Waals surface area contributed by atoms with Crippen molar-refractivity contribution in [3.63, 3.8) is 0 Å². The van der Waals surface area contributed by atoms with Gasteiger partial charge in [0.15, 0.2) is 6.61 Å². The summed E-state index contributed by atoms with van der Waals surface area (Å²) in [6.07, 6.45) is -1.69. The van der Waals surface area contributed by atoms with Gasteiger partial charge in [0, 0.05) is 41.6 Å². The van der Waals surface area contributed by atoms with Crippen molar-refractivity contribution < 1.29 is 32.6 Å². The van der Waals surface area contributed by atoms with E-state index in [9.17, 15) is 27.9 Å². The number of alkyl halides is 3. The summed E-state index contributed by atoms with van der Waals surface area (Å²) in [6.45, 7) is 3.13. The molecule has 2 rings (SSSR count). The molecule has 0 bridgehead atoms. The quantitative estimate of drug-likeness (QED) is 0.623. The molecule has 1 unspecified atom stereocenters. The maximum absolute atomic E-state index is 12.6. The largest absolute Gasteiger partial charge is 0.468 e. The van der Waals surface area contributed by atoms with E-state index in [2.05, 4.69) is 20.0 Å². The number of Topliss-reactive ketones (excluding diaryl/α,β-unsaturated/α-hetero) is 1. The van der Waals surface area contributed by atoms with Gasteiger partial charge in [0.05, 0.1) is 12.6 Å². The number of nitrogens with one attached hydrogen (secondary N) is 1. The molecule has 31 heavy (non-hydrogen) atoms. The summed E-state index contributed by atoms with van der Waals surface area (Å²) >= 11 is 0. The number of aliphatic hydroxyl groups is 1. The van der Waals surface area contributed by atoms with E-state index in [4.69, 9.17) is 0 Å². The number of pyridine rings is 2. The number of aromatic nitrogens is 2. The normalized spacial score (nSPS) is 12.5. The first kappa shape index (κ1) is 24.3. The molecule has 0 spiro atoms. The molecule has 2 aromatic rings. The molecule has 0 aliphatic carbocycles. The maximum atomic E-state index is 12.6. The minimum atomic E-state index is -4.53. The standard InChI is InChI=1S/C21H24F3N3O4/c1-12(2)18(29)8-17-7-14(4-5-25-17)19(30)27-13(3)15-6-16(10-28)20(26-9-15)31-11-21(22,23)24/h4-7,9,12-13,28H,8,10-11H2,1-3H3,(H,27,30). The Kier molecular flexibility index (Phi) is 8.09. The monoisotopic (exact) mass is 439 g/mol. The highest BCUT2D eigenvalue weighted by atomic mass is 19.4. The summed E-state index contributed by atoms with van der Waals surface area (Å²) in [5, 5.41) is 12.2. The van der Waals surface area contributed by atoms with Gasteiger partial charge < -0.3 is 15.2 Å². The van der Waals surface area contributed by atoms with Gasteiger partial charge in [0.1, 0.15) is 5.78 Å². The Morgan fingerprint density at radius 3 is 2.52 bits per heavy atom. The van der Waals surface area contributed by atoms with Crippen LogP contribution >= 0.6 is 0 Å². The molecule has 2 heterocycles. The fraction of sp³-hybridized carbons (Fsp3) is 0.429. The summed E-state index contributed by atoms with van der Waals surface area (Å²) in [4.78, 5) is 32.4. The summed E-state index contributed by atoms with van der Waals surface area (Å²) in [5.74, 6) is -0.878. The number of halogens is 3. The van der Waals surface area contributed by atoms with Gasteiger partial charge in [0.25, 0.3) is 5.91 Å². The molecule has 2 aromatic heterocycles. The topological polar surface area (TPSA) is 101 Å². The fourth-order valence-corrected chi connectivity index (χ4v) is 2.61. The lowest BCUT2D eigenvalue weighted by atomic mass is 10.0. The van der Waals surface area contributed by atoms with Crippen molar-refractivity contribution in [3.05, 3.63) is 53.0 Å². The molecule has 0 radical (unpaired) electrons. The van der Waals surface area contributed by atoms with Crippen LogP contribution in [0.15, 0.2) is 30.6 Å². The lowest BCUT2D eigenvalue weighted by Gasteiger charge is -2.17. The van der Waals surface area contributed by atoms with Crippen LogP contribution in [0.2, 0.25) is 0 Å². The predicted octanol–water partition coefficient (Wildman–Crippen LogP) is 3.17. The van der Waals surface area contributed by atoms with Crippen molar-refractivity contribution in [2.75, 3.05) is 6.61 Å². The Labute approximate surface area is 177 Å². The number of amides is 1. The highest BCUT2D eigenvalue weighted by Crippen LogP contribution is 2.23. The van der Waals surface area contributed by atoms with E-state index in [0.717, 1.165) is 0 Å². The first-order valence-corrected chi connectivity index (χ1v) is 9.58. The molecule has 0 fully saturated rings. The highest BCUT2D eigenvalue weighted by molar-refractivity contribution is 5.94. The van der Waals surface area contributed by atoms with Crippen LogP contribution in [0.5, 0.6) is 5.88 Å². The summed E-state index contributed by atoms with van der Waals surface area (Å²) in [7, 11) is 0. The Morgan fingerprint density at radius 2 is 1.90 bits per heavy atom. The van der Waals surface area contributed by atoms with E-state index in [0.29, 0.717) is 16.8 Å². The summed E-state index contributed by atoms with van der Waals surface area (Å²) in [5.41, 5.74) is 1.34. The summed E-state index contributed by atoms with van der Waals surface area (Å²) in [6, 6.07) is 3.91. The molecular formula is C21H24F3N3O4. The Morgan fingerprint density at radius 1 is 1.19 bits per heavy atom. The molecule has 2 N–H and O–H groups in total. The maximum Gasteiger partial charge on any atom is 0.422 e. The third-order valence-electron chi connectivity index (χ3n) is 4.42. The number of aliphatic hydroxyl groups excluding tert-OH is 1. The molecule has 0 aliphatic rings. The van der Waals surface area contributed by atoms with Gasteiger partial charge in [-0.05, 0) is 30.7 Å². The predicted molar refractivity (Wildman–Crippen MR) is 105 cm³/mol. The molecule has 7 nitrogen and oxygen atoms in total. The van der Waals surface area contributed by atoms with Gasteiger partial charge >= 0.3 is 6.18 Å². The number of hydrogen-bond acceptors (Lipinski definition) is 6. The zero-order chi connectivity index (χ0) is 23.2. The minimum absolute atomic E-state index is 0.00821. The second kappa shape index (κ2) is 10.3. The number of carbonyl (C=O) groups is 2. The van der Waals surface area contributed by atoms with Crippen molar-refractivity contribution in [1.82, 2.24) is 15.3 Å². The molecule has 10 heteroatoms. The van der Waals surface area contributed by atoms with Crippen molar-refractivity contribution in [2.24, 2.45) is 5.92 Å². The number of nitrogens with zero attached hydrogens (tertiary/aromatic N) is 2. The second-order valence-corrected chi connectivity index (χ2v) is 7.32. The van der Waals surface area contributed by atoms with E-state index >= 15 is 0 Å². The van der Waals surface area contributed by atoms with Gasteiger partial charge in [-0.3, -0.25) is 14.6 Å². The number of carbonyl (C=O) groups excluding carboxylic acids is 2. The first-order valence-electron chi connectivity index (χ1n) is 9.58. The molecule has 0 aliphatic heterocycles. The highest BCUT2D eigenvalue weighted by Gasteiger charge is 2.29. The van der Waals surface area contributed by atoms with Crippen LogP contribution in [0.4, 0.5) is 13.2 Å². The average Bonchev–Trinajstić information content (AvgIpc) is 2.71. The van der Waals surface area contributed by atoms with Crippen molar-refractivity contribution in [2.45, 2.75) is 46.0 Å². The molecule has 1 atom stereocenters. The summed E-state index contributed by atoms with van der Waals surface area (Å²) < 4.78 is 41.6. The van der Waals surface area contributed by atoms with Crippen LogP contribution in [-0.2, 0) is 17.8 Å². The number of ether oxygens (including phenoxy) is 1. The number of ketones is 1. The van der Waals surface area contributed by atoms with E-state index in [1.54, 1.807) is 20.8 Å². The zero-order valence-electron chi connectivity index (χ0n) is 17.4. The molecule has 0 aromatic carbocycles. The first-order chi connectivity index (χ1) is 14.5.